The largest absolute Gasteiger partial charge is 0.354 e. The number of amides is 2. The van der Waals surface area contributed by atoms with E-state index in [1.807, 2.05) is 47.5 Å². The Morgan fingerprint density at radius 2 is 1.82 bits per heavy atom. The zero-order valence-corrected chi connectivity index (χ0v) is 20.1. The van der Waals surface area contributed by atoms with Crippen LogP contribution in [0.2, 0.25) is 0 Å². The maximum absolute atomic E-state index is 12.8. The Balaban J connectivity index is 1.12. The van der Waals surface area contributed by atoms with Crippen LogP contribution in [0.3, 0.4) is 0 Å². The molecule has 0 bridgehead atoms. The van der Waals surface area contributed by atoms with Crippen LogP contribution >= 0.6 is 11.3 Å². The molecule has 7 nitrogen and oxygen atoms in total. The van der Waals surface area contributed by atoms with E-state index in [0.29, 0.717) is 12.5 Å². The monoisotopic (exact) mass is 475 g/mol. The maximum Gasteiger partial charge on any atom is 0.264 e. The Kier molecular flexibility index (Phi) is 6.58. The molecule has 1 aromatic carbocycles. The Hall–Kier alpha value is -3.26. The fraction of sp³-hybridized carbons (Fsp3) is 0.385. The number of benzene rings is 1. The first-order chi connectivity index (χ1) is 16.6. The smallest absolute Gasteiger partial charge is 0.264 e. The molecule has 2 aliphatic heterocycles. The number of anilines is 2. The van der Waals surface area contributed by atoms with Crippen molar-refractivity contribution in [1.29, 1.82) is 0 Å². The number of likely N-dealkylation sites (tertiary alicyclic amines) is 1. The molecular formula is C26H29N5O2S. The van der Waals surface area contributed by atoms with Crippen molar-refractivity contribution in [3.63, 3.8) is 0 Å². The van der Waals surface area contributed by atoms with Gasteiger partial charge in [0.2, 0.25) is 5.91 Å². The Bertz CT molecular complexity index is 1140. The first-order valence-electron chi connectivity index (χ1n) is 11.9. The van der Waals surface area contributed by atoms with Crippen LogP contribution in [-0.4, -0.2) is 53.1 Å². The second-order valence-corrected chi connectivity index (χ2v) is 10.0. The van der Waals surface area contributed by atoms with Crippen LogP contribution in [0.4, 0.5) is 11.5 Å². The number of carbonyl (C=O) groups is 2. The van der Waals surface area contributed by atoms with Gasteiger partial charge in [0, 0.05) is 38.1 Å². The maximum atomic E-state index is 12.8. The molecule has 176 valence electrons. The molecule has 2 amide bonds. The van der Waals surface area contributed by atoms with Crippen LogP contribution in [0.1, 0.15) is 46.0 Å². The van der Waals surface area contributed by atoms with Gasteiger partial charge in [-0.05, 0) is 78.9 Å². The summed E-state index contributed by atoms with van der Waals surface area (Å²) in [5.74, 6) is 1.41. The number of thiophene rings is 1. The van der Waals surface area contributed by atoms with E-state index < -0.39 is 0 Å². The normalized spacial score (nSPS) is 18.8. The predicted molar refractivity (Wildman–Crippen MR) is 134 cm³/mol. The number of hydrogen-bond acceptors (Lipinski definition) is 6. The SMILES string of the molecule is Cc1ccsc1C(=O)N1CCC(c2ccc(NC(=O)[C@H]3CCN(c4cccnn4)C3)cc2)CC1. The summed E-state index contributed by atoms with van der Waals surface area (Å²) >= 11 is 1.53. The lowest BCUT2D eigenvalue weighted by Gasteiger charge is -2.32. The lowest BCUT2D eigenvalue weighted by molar-refractivity contribution is -0.119. The number of piperidine rings is 1. The number of carbonyl (C=O) groups excluding carboxylic acids is 2. The van der Waals surface area contributed by atoms with Crippen LogP contribution < -0.4 is 10.2 Å². The fourth-order valence-electron chi connectivity index (χ4n) is 4.88. The van der Waals surface area contributed by atoms with E-state index in [4.69, 9.17) is 0 Å². The molecule has 2 saturated heterocycles. The van der Waals surface area contributed by atoms with Gasteiger partial charge in [0.05, 0.1) is 10.8 Å². The zero-order valence-electron chi connectivity index (χ0n) is 19.3. The number of aromatic nitrogens is 2. The van der Waals surface area contributed by atoms with E-state index in [0.717, 1.165) is 60.8 Å². The van der Waals surface area contributed by atoms with E-state index in [2.05, 4.69) is 32.5 Å². The van der Waals surface area contributed by atoms with Crippen molar-refractivity contribution >= 4 is 34.7 Å². The lowest BCUT2D eigenvalue weighted by Crippen LogP contribution is -2.37. The molecule has 0 aliphatic carbocycles. The number of nitrogens with zero attached hydrogens (tertiary/aromatic N) is 4. The summed E-state index contributed by atoms with van der Waals surface area (Å²) < 4.78 is 0. The predicted octanol–water partition coefficient (Wildman–Crippen LogP) is 4.33. The van der Waals surface area contributed by atoms with E-state index in [1.54, 1.807) is 6.20 Å². The van der Waals surface area contributed by atoms with Gasteiger partial charge in [-0.2, -0.15) is 5.10 Å². The molecule has 2 fully saturated rings. The van der Waals surface area contributed by atoms with Gasteiger partial charge in [-0.25, -0.2) is 0 Å². The zero-order chi connectivity index (χ0) is 23.5. The molecule has 34 heavy (non-hydrogen) atoms. The van der Waals surface area contributed by atoms with E-state index in [9.17, 15) is 9.59 Å². The molecule has 0 unspecified atom stereocenters. The van der Waals surface area contributed by atoms with E-state index in [-0.39, 0.29) is 17.7 Å². The number of aryl methyl sites for hydroxylation is 1. The van der Waals surface area contributed by atoms with Gasteiger partial charge < -0.3 is 15.1 Å². The first kappa shape index (κ1) is 22.5. The molecule has 4 heterocycles. The van der Waals surface area contributed by atoms with Crippen LogP contribution in [0, 0.1) is 12.8 Å². The molecular weight excluding hydrogens is 446 g/mol. The number of hydrogen-bond donors (Lipinski definition) is 1. The average Bonchev–Trinajstić information content (AvgIpc) is 3.54. The summed E-state index contributed by atoms with van der Waals surface area (Å²) in [5, 5.41) is 13.1. The minimum Gasteiger partial charge on any atom is -0.354 e. The second kappa shape index (κ2) is 9.93. The first-order valence-corrected chi connectivity index (χ1v) is 12.7. The highest BCUT2D eigenvalue weighted by atomic mass is 32.1. The quantitative estimate of drug-likeness (QED) is 0.594. The Labute approximate surface area is 203 Å². The molecule has 1 N–H and O–H groups in total. The molecule has 0 radical (unpaired) electrons. The topological polar surface area (TPSA) is 78.4 Å². The Morgan fingerprint density at radius 1 is 1.03 bits per heavy atom. The molecule has 8 heteroatoms. The van der Waals surface area contributed by atoms with Crippen molar-refractivity contribution in [2.45, 2.75) is 32.1 Å². The molecule has 5 rings (SSSR count). The van der Waals surface area contributed by atoms with Crippen molar-refractivity contribution in [2.75, 3.05) is 36.4 Å². The van der Waals surface area contributed by atoms with Gasteiger partial charge in [-0.1, -0.05) is 12.1 Å². The summed E-state index contributed by atoms with van der Waals surface area (Å²) in [7, 11) is 0. The highest BCUT2D eigenvalue weighted by molar-refractivity contribution is 7.12. The van der Waals surface area contributed by atoms with Gasteiger partial charge in [0.1, 0.15) is 0 Å². The van der Waals surface area contributed by atoms with Crippen LogP contribution in [-0.2, 0) is 4.79 Å². The molecule has 2 aromatic heterocycles. The summed E-state index contributed by atoms with van der Waals surface area (Å²) in [6.45, 7) is 5.03. The van der Waals surface area contributed by atoms with Crippen molar-refractivity contribution in [2.24, 2.45) is 5.92 Å². The van der Waals surface area contributed by atoms with Gasteiger partial charge in [0.25, 0.3) is 5.91 Å². The summed E-state index contributed by atoms with van der Waals surface area (Å²) in [6, 6.07) is 14.0. The number of rotatable bonds is 5. The third-order valence-electron chi connectivity index (χ3n) is 6.93. The minimum absolute atomic E-state index is 0.0508. The van der Waals surface area contributed by atoms with Crippen molar-refractivity contribution in [1.82, 2.24) is 15.1 Å². The van der Waals surface area contributed by atoms with Crippen LogP contribution in [0.15, 0.2) is 54.0 Å². The highest BCUT2D eigenvalue weighted by Crippen LogP contribution is 2.31. The summed E-state index contributed by atoms with van der Waals surface area (Å²) in [6.07, 6.45) is 4.38. The molecule has 2 aliphatic rings. The van der Waals surface area contributed by atoms with Crippen LogP contribution in [0.25, 0.3) is 0 Å². The molecule has 0 saturated carbocycles. The van der Waals surface area contributed by atoms with E-state index >= 15 is 0 Å². The summed E-state index contributed by atoms with van der Waals surface area (Å²) in [4.78, 5) is 30.5. The molecule has 1 atom stereocenters. The van der Waals surface area contributed by atoms with Crippen LogP contribution in [0.5, 0.6) is 0 Å². The van der Waals surface area contributed by atoms with Gasteiger partial charge >= 0.3 is 0 Å². The number of nitrogens with one attached hydrogen (secondary N) is 1. The highest BCUT2D eigenvalue weighted by Gasteiger charge is 2.29. The molecule has 3 aromatic rings. The van der Waals surface area contributed by atoms with Crippen molar-refractivity contribution in [3.8, 4) is 0 Å². The third kappa shape index (κ3) is 4.82. The van der Waals surface area contributed by atoms with Gasteiger partial charge in [-0.3, -0.25) is 9.59 Å². The molecule has 0 spiro atoms. The average molecular weight is 476 g/mol. The lowest BCUT2D eigenvalue weighted by atomic mass is 9.89. The third-order valence-corrected chi connectivity index (χ3v) is 7.93. The summed E-state index contributed by atoms with van der Waals surface area (Å²) in [5.41, 5.74) is 3.16. The Morgan fingerprint density at radius 3 is 2.50 bits per heavy atom. The van der Waals surface area contributed by atoms with E-state index in [1.165, 1.54) is 16.9 Å². The second-order valence-electron chi connectivity index (χ2n) is 9.12. The standard InChI is InChI=1S/C26H29N5O2S/c1-18-11-16-34-24(18)26(33)30-13-8-20(9-14-30)19-4-6-22(7-5-19)28-25(32)21-10-15-31(17-21)23-3-2-12-27-29-23/h2-7,11-12,16,20-21H,8-10,13-15,17H2,1H3,(H,28,32)/t21-/m0/s1. The van der Waals surface area contributed by atoms with Gasteiger partial charge in [-0.15, -0.1) is 16.4 Å². The minimum atomic E-state index is -0.0597. The van der Waals surface area contributed by atoms with Crippen molar-refractivity contribution < 1.29 is 9.59 Å². The van der Waals surface area contributed by atoms with Gasteiger partial charge in [0.15, 0.2) is 5.82 Å². The van der Waals surface area contributed by atoms with Crippen molar-refractivity contribution in [3.05, 3.63) is 70.0 Å². The fourth-order valence-corrected chi connectivity index (χ4v) is 5.77.